The molecule has 0 spiro atoms. The van der Waals surface area contributed by atoms with Crippen molar-refractivity contribution in [2.75, 3.05) is 36.4 Å². The zero-order chi connectivity index (χ0) is 17.8. The van der Waals surface area contributed by atoms with Crippen molar-refractivity contribution in [2.45, 2.75) is 6.92 Å². The third kappa shape index (κ3) is 4.28. The van der Waals surface area contributed by atoms with Gasteiger partial charge in [0.2, 0.25) is 5.91 Å². The summed E-state index contributed by atoms with van der Waals surface area (Å²) < 4.78 is 0. The van der Waals surface area contributed by atoms with Crippen molar-refractivity contribution in [3.8, 4) is 0 Å². The molecule has 25 heavy (non-hydrogen) atoms. The number of aromatic nitrogens is 1. The van der Waals surface area contributed by atoms with E-state index in [9.17, 15) is 9.59 Å². The van der Waals surface area contributed by atoms with Crippen molar-refractivity contribution in [3.05, 3.63) is 53.2 Å². The van der Waals surface area contributed by atoms with Gasteiger partial charge in [-0.3, -0.25) is 9.59 Å². The van der Waals surface area contributed by atoms with Crippen molar-refractivity contribution in [3.63, 3.8) is 0 Å². The maximum Gasteiger partial charge on any atom is 0.256 e. The highest BCUT2D eigenvalue weighted by atomic mass is 35.5. The molecule has 1 N–H and O–H groups in total. The minimum atomic E-state index is -0.230. The molecule has 6 nitrogen and oxygen atoms in total. The Kier molecular flexibility index (Phi) is 5.19. The van der Waals surface area contributed by atoms with E-state index in [1.54, 1.807) is 43.5 Å². The number of hydrogen-bond acceptors (Lipinski definition) is 4. The Labute approximate surface area is 151 Å². The summed E-state index contributed by atoms with van der Waals surface area (Å²) in [7, 11) is 0. The maximum atomic E-state index is 12.2. The fourth-order valence-corrected chi connectivity index (χ4v) is 2.84. The van der Waals surface area contributed by atoms with Crippen LogP contribution in [0, 0.1) is 0 Å². The Hall–Kier alpha value is -2.60. The molecule has 1 aromatic heterocycles. The van der Waals surface area contributed by atoms with E-state index in [2.05, 4.69) is 15.2 Å². The number of nitrogens with one attached hydrogen (secondary N) is 1. The zero-order valence-corrected chi connectivity index (χ0v) is 14.7. The molecule has 2 amide bonds. The van der Waals surface area contributed by atoms with Gasteiger partial charge in [0.1, 0.15) is 5.82 Å². The Balaban J connectivity index is 1.60. The number of benzene rings is 1. The molecular formula is C18H19ClN4O2. The van der Waals surface area contributed by atoms with Gasteiger partial charge in [-0.05, 0) is 36.4 Å². The number of rotatable bonds is 3. The van der Waals surface area contributed by atoms with Crippen LogP contribution in [0.15, 0.2) is 42.6 Å². The van der Waals surface area contributed by atoms with Gasteiger partial charge in [-0.25, -0.2) is 4.98 Å². The number of anilines is 2. The van der Waals surface area contributed by atoms with Crippen LogP contribution in [0.25, 0.3) is 0 Å². The van der Waals surface area contributed by atoms with E-state index in [1.807, 2.05) is 11.0 Å². The predicted octanol–water partition coefficient (Wildman–Crippen LogP) is 2.66. The SMILES string of the molecule is CC(=O)N1CCN(c2ccc(NC(=O)c3ccc(Cl)cc3)nc2)CC1. The first-order chi connectivity index (χ1) is 12.0. The van der Waals surface area contributed by atoms with Gasteiger partial charge in [0.15, 0.2) is 0 Å². The lowest BCUT2D eigenvalue weighted by Gasteiger charge is -2.35. The van der Waals surface area contributed by atoms with E-state index >= 15 is 0 Å². The highest BCUT2D eigenvalue weighted by Gasteiger charge is 2.19. The standard InChI is InChI=1S/C18H19ClN4O2/c1-13(24)22-8-10-23(11-9-22)16-6-7-17(20-12-16)21-18(25)14-2-4-15(19)5-3-14/h2-7,12H,8-11H2,1H3,(H,20,21,25). The summed E-state index contributed by atoms with van der Waals surface area (Å²) in [5.41, 5.74) is 1.50. The quantitative estimate of drug-likeness (QED) is 0.916. The maximum absolute atomic E-state index is 12.2. The van der Waals surface area contributed by atoms with Crippen LogP contribution < -0.4 is 10.2 Å². The summed E-state index contributed by atoms with van der Waals surface area (Å²) >= 11 is 5.82. The summed E-state index contributed by atoms with van der Waals surface area (Å²) in [6.45, 7) is 4.57. The van der Waals surface area contributed by atoms with Crippen LogP contribution in [0.4, 0.5) is 11.5 Å². The second kappa shape index (κ2) is 7.53. The number of carbonyl (C=O) groups is 2. The number of piperazine rings is 1. The molecular weight excluding hydrogens is 340 g/mol. The van der Waals surface area contributed by atoms with E-state index in [0.717, 1.165) is 18.8 Å². The Bertz CT molecular complexity index is 754. The molecule has 1 fully saturated rings. The number of hydrogen-bond donors (Lipinski definition) is 1. The largest absolute Gasteiger partial charge is 0.367 e. The zero-order valence-electron chi connectivity index (χ0n) is 13.9. The minimum absolute atomic E-state index is 0.109. The fraction of sp³-hybridized carbons (Fsp3) is 0.278. The van der Waals surface area contributed by atoms with E-state index in [1.165, 1.54) is 0 Å². The van der Waals surface area contributed by atoms with Gasteiger partial charge >= 0.3 is 0 Å². The van der Waals surface area contributed by atoms with E-state index in [-0.39, 0.29) is 11.8 Å². The van der Waals surface area contributed by atoms with E-state index in [0.29, 0.717) is 29.5 Å². The lowest BCUT2D eigenvalue weighted by atomic mass is 10.2. The second-order valence-corrected chi connectivity index (χ2v) is 6.29. The molecule has 0 saturated carbocycles. The molecule has 1 aromatic carbocycles. The number of pyridine rings is 1. The number of nitrogens with zero attached hydrogens (tertiary/aromatic N) is 3. The van der Waals surface area contributed by atoms with Crippen molar-refractivity contribution >= 4 is 34.9 Å². The van der Waals surface area contributed by atoms with Crippen LogP contribution in [0.2, 0.25) is 5.02 Å². The van der Waals surface area contributed by atoms with Crippen molar-refractivity contribution in [1.29, 1.82) is 0 Å². The van der Waals surface area contributed by atoms with E-state index in [4.69, 9.17) is 11.6 Å². The van der Waals surface area contributed by atoms with Gasteiger partial charge in [0, 0.05) is 43.7 Å². The minimum Gasteiger partial charge on any atom is -0.367 e. The van der Waals surface area contributed by atoms with Crippen LogP contribution in [0.3, 0.4) is 0 Å². The number of amides is 2. The molecule has 0 bridgehead atoms. The molecule has 1 saturated heterocycles. The second-order valence-electron chi connectivity index (χ2n) is 5.86. The van der Waals surface area contributed by atoms with Crippen LogP contribution >= 0.6 is 11.6 Å². The molecule has 3 rings (SSSR count). The summed E-state index contributed by atoms with van der Waals surface area (Å²) in [6.07, 6.45) is 1.74. The molecule has 130 valence electrons. The molecule has 7 heteroatoms. The summed E-state index contributed by atoms with van der Waals surface area (Å²) in [6, 6.07) is 10.4. The predicted molar refractivity (Wildman–Crippen MR) is 98.1 cm³/mol. The lowest BCUT2D eigenvalue weighted by molar-refractivity contribution is -0.129. The third-order valence-electron chi connectivity index (χ3n) is 4.19. The third-order valence-corrected chi connectivity index (χ3v) is 4.44. The molecule has 0 unspecified atom stereocenters. The first kappa shape index (κ1) is 17.2. The van der Waals surface area contributed by atoms with E-state index < -0.39 is 0 Å². The fourth-order valence-electron chi connectivity index (χ4n) is 2.72. The molecule has 1 aliphatic heterocycles. The number of halogens is 1. The highest BCUT2D eigenvalue weighted by molar-refractivity contribution is 6.30. The van der Waals surface area contributed by atoms with Gasteiger partial charge in [-0.1, -0.05) is 11.6 Å². The highest BCUT2D eigenvalue weighted by Crippen LogP contribution is 2.18. The van der Waals surface area contributed by atoms with Gasteiger partial charge in [-0.2, -0.15) is 0 Å². The Morgan fingerprint density at radius 2 is 1.72 bits per heavy atom. The summed E-state index contributed by atoms with van der Waals surface area (Å²) in [5.74, 6) is 0.371. The smallest absolute Gasteiger partial charge is 0.256 e. The normalized spacial score (nSPS) is 14.3. The van der Waals surface area contributed by atoms with Gasteiger partial charge in [0.25, 0.3) is 5.91 Å². The lowest BCUT2D eigenvalue weighted by Crippen LogP contribution is -2.48. The topological polar surface area (TPSA) is 65.5 Å². The molecule has 1 aliphatic rings. The monoisotopic (exact) mass is 358 g/mol. The molecule has 0 aliphatic carbocycles. The first-order valence-corrected chi connectivity index (χ1v) is 8.44. The van der Waals surface area contributed by atoms with Crippen LogP contribution in [-0.2, 0) is 4.79 Å². The molecule has 2 aromatic rings. The van der Waals surface area contributed by atoms with Crippen LogP contribution in [0.5, 0.6) is 0 Å². The Morgan fingerprint density at radius 3 is 2.28 bits per heavy atom. The van der Waals surface area contributed by atoms with Crippen molar-refractivity contribution in [1.82, 2.24) is 9.88 Å². The summed E-state index contributed by atoms with van der Waals surface area (Å²) in [4.78, 5) is 31.9. The van der Waals surface area contributed by atoms with Crippen LogP contribution in [0.1, 0.15) is 17.3 Å². The average molecular weight is 359 g/mol. The molecule has 0 atom stereocenters. The Morgan fingerprint density at radius 1 is 1.04 bits per heavy atom. The van der Waals surface area contributed by atoms with Gasteiger partial charge < -0.3 is 15.1 Å². The molecule has 2 heterocycles. The summed E-state index contributed by atoms with van der Waals surface area (Å²) in [5, 5.41) is 3.35. The number of carbonyl (C=O) groups excluding carboxylic acids is 2. The average Bonchev–Trinajstić information content (AvgIpc) is 2.63. The van der Waals surface area contributed by atoms with Crippen molar-refractivity contribution in [2.24, 2.45) is 0 Å². The first-order valence-electron chi connectivity index (χ1n) is 8.06. The molecule has 0 radical (unpaired) electrons. The van der Waals surface area contributed by atoms with Crippen LogP contribution in [-0.4, -0.2) is 47.9 Å². The van der Waals surface area contributed by atoms with Gasteiger partial charge in [0.05, 0.1) is 11.9 Å². The van der Waals surface area contributed by atoms with Crippen molar-refractivity contribution < 1.29 is 9.59 Å². The van der Waals surface area contributed by atoms with Gasteiger partial charge in [-0.15, -0.1) is 0 Å².